The average molecular weight is 200 g/mol. The second-order valence-corrected chi connectivity index (χ2v) is 4.08. The van der Waals surface area contributed by atoms with Gasteiger partial charge in [0.15, 0.2) is 5.78 Å². The summed E-state index contributed by atoms with van der Waals surface area (Å²) in [6.07, 6.45) is 8.50. The maximum Gasteiger partial charge on any atom is 0.155 e. The average Bonchev–Trinajstić information content (AvgIpc) is 2.25. The molecule has 0 radical (unpaired) electrons. The highest BCUT2D eigenvalue weighted by molar-refractivity contribution is 5.89. The van der Waals surface area contributed by atoms with Crippen LogP contribution in [0.25, 0.3) is 0 Å². The van der Waals surface area contributed by atoms with E-state index in [-0.39, 0.29) is 5.78 Å². The van der Waals surface area contributed by atoms with Crippen molar-refractivity contribution >= 4 is 5.78 Å². The van der Waals surface area contributed by atoms with Gasteiger partial charge in [0.25, 0.3) is 0 Å². The van der Waals surface area contributed by atoms with Crippen molar-refractivity contribution in [2.45, 2.75) is 32.1 Å². The summed E-state index contributed by atoms with van der Waals surface area (Å²) in [7, 11) is 0. The number of benzene rings is 1. The first kappa shape index (κ1) is 10.2. The predicted molar refractivity (Wildman–Crippen MR) is 61.8 cm³/mol. The standard InChI is InChI=1S/C14H16O/c15-14-5-3-1-2-4-12-6-8-13(9-7-12)10-11-14/h3,5-9H,1-2,4,10-11H2. The third-order valence-corrected chi connectivity index (χ3v) is 2.82. The highest BCUT2D eigenvalue weighted by atomic mass is 16.1. The number of rotatable bonds is 0. The molecule has 1 aromatic rings. The zero-order chi connectivity index (χ0) is 10.5. The molecule has 0 amide bonds. The summed E-state index contributed by atoms with van der Waals surface area (Å²) in [5, 5.41) is 0. The molecule has 0 aliphatic heterocycles. The Balaban J connectivity index is 2.15. The lowest BCUT2D eigenvalue weighted by atomic mass is 10.0. The molecule has 0 fully saturated rings. The molecule has 1 nitrogen and oxygen atoms in total. The van der Waals surface area contributed by atoms with E-state index in [0.717, 1.165) is 25.7 Å². The summed E-state index contributed by atoms with van der Waals surface area (Å²) < 4.78 is 0. The highest BCUT2D eigenvalue weighted by Crippen LogP contribution is 2.11. The van der Waals surface area contributed by atoms with Gasteiger partial charge in [0, 0.05) is 6.42 Å². The van der Waals surface area contributed by atoms with Gasteiger partial charge in [0.1, 0.15) is 0 Å². The third kappa shape index (κ3) is 3.05. The van der Waals surface area contributed by atoms with Crippen LogP contribution in [0.5, 0.6) is 0 Å². The second kappa shape index (κ2) is 4.92. The Bertz CT molecular complexity index is 359. The number of fused-ring (bicyclic) bond motifs is 8. The molecule has 0 saturated carbocycles. The minimum Gasteiger partial charge on any atom is -0.295 e. The van der Waals surface area contributed by atoms with E-state index >= 15 is 0 Å². The zero-order valence-electron chi connectivity index (χ0n) is 8.91. The molecule has 0 atom stereocenters. The fraction of sp³-hybridized carbons (Fsp3) is 0.357. The van der Waals surface area contributed by atoms with Crippen molar-refractivity contribution < 1.29 is 4.79 Å². The van der Waals surface area contributed by atoms with Crippen molar-refractivity contribution in [2.75, 3.05) is 0 Å². The van der Waals surface area contributed by atoms with Crippen LogP contribution in [0, 0.1) is 0 Å². The molecular formula is C14H16O. The van der Waals surface area contributed by atoms with Crippen LogP contribution in [0.4, 0.5) is 0 Å². The number of carbonyl (C=O) groups is 1. The van der Waals surface area contributed by atoms with Gasteiger partial charge < -0.3 is 0 Å². The maximum atomic E-state index is 11.4. The van der Waals surface area contributed by atoms with Gasteiger partial charge in [0.05, 0.1) is 0 Å². The Kier molecular flexibility index (Phi) is 3.33. The van der Waals surface area contributed by atoms with Crippen LogP contribution in [0.2, 0.25) is 0 Å². The number of hydrogen-bond donors (Lipinski definition) is 0. The molecule has 15 heavy (non-hydrogen) atoms. The second-order valence-electron chi connectivity index (χ2n) is 4.08. The van der Waals surface area contributed by atoms with Crippen molar-refractivity contribution in [3.63, 3.8) is 0 Å². The van der Waals surface area contributed by atoms with Crippen LogP contribution < -0.4 is 0 Å². The lowest BCUT2D eigenvalue weighted by Gasteiger charge is -2.04. The maximum absolute atomic E-state index is 11.4. The summed E-state index contributed by atoms with van der Waals surface area (Å²) in [6, 6.07) is 8.66. The Hall–Kier alpha value is -1.37. The number of ketones is 1. The van der Waals surface area contributed by atoms with Gasteiger partial charge in [-0.2, -0.15) is 0 Å². The molecule has 2 aliphatic carbocycles. The first-order chi connectivity index (χ1) is 7.34. The third-order valence-electron chi connectivity index (χ3n) is 2.82. The normalized spacial score (nSPS) is 17.2. The van der Waals surface area contributed by atoms with Gasteiger partial charge in [-0.25, -0.2) is 0 Å². The Morgan fingerprint density at radius 1 is 0.867 bits per heavy atom. The molecule has 78 valence electrons. The SMILES string of the molecule is O=C1C=CCCCc2ccc(cc2)CC1. The van der Waals surface area contributed by atoms with Crippen LogP contribution in [-0.4, -0.2) is 5.78 Å². The van der Waals surface area contributed by atoms with Crippen LogP contribution in [0.15, 0.2) is 36.4 Å². The summed E-state index contributed by atoms with van der Waals surface area (Å²) in [5.74, 6) is 0.250. The number of aryl methyl sites for hydroxylation is 2. The molecule has 0 spiro atoms. The molecular weight excluding hydrogens is 184 g/mol. The van der Waals surface area contributed by atoms with E-state index < -0.39 is 0 Å². The fourth-order valence-electron chi connectivity index (χ4n) is 1.86. The molecule has 0 saturated heterocycles. The first-order valence-corrected chi connectivity index (χ1v) is 5.62. The van der Waals surface area contributed by atoms with Gasteiger partial charge in [-0.05, 0) is 42.9 Å². The minimum absolute atomic E-state index is 0.250. The molecule has 0 aromatic heterocycles. The van der Waals surface area contributed by atoms with Crippen LogP contribution in [0.3, 0.4) is 0 Å². The van der Waals surface area contributed by atoms with E-state index in [9.17, 15) is 4.79 Å². The monoisotopic (exact) mass is 200 g/mol. The number of hydrogen-bond acceptors (Lipinski definition) is 1. The van der Waals surface area contributed by atoms with Gasteiger partial charge >= 0.3 is 0 Å². The zero-order valence-corrected chi connectivity index (χ0v) is 8.91. The molecule has 2 aliphatic rings. The minimum atomic E-state index is 0.250. The lowest BCUT2D eigenvalue weighted by molar-refractivity contribution is -0.114. The van der Waals surface area contributed by atoms with E-state index in [2.05, 4.69) is 24.3 Å². The number of carbonyl (C=O) groups excluding carboxylic acids is 1. The van der Waals surface area contributed by atoms with Crippen LogP contribution >= 0.6 is 0 Å². The van der Waals surface area contributed by atoms with E-state index in [4.69, 9.17) is 0 Å². The van der Waals surface area contributed by atoms with E-state index in [0.29, 0.717) is 6.42 Å². The van der Waals surface area contributed by atoms with Gasteiger partial charge in [0.2, 0.25) is 0 Å². The summed E-state index contributed by atoms with van der Waals surface area (Å²) in [6.45, 7) is 0. The molecule has 0 heterocycles. The van der Waals surface area contributed by atoms with Gasteiger partial charge in [-0.3, -0.25) is 4.79 Å². The topological polar surface area (TPSA) is 17.1 Å². The molecule has 3 rings (SSSR count). The van der Waals surface area contributed by atoms with Crippen molar-refractivity contribution in [1.82, 2.24) is 0 Å². The largest absolute Gasteiger partial charge is 0.295 e. The van der Waals surface area contributed by atoms with Crippen LogP contribution in [0.1, 0.15) is 30.4 Å². The van der Waals surface area contributed by atoms with Crippen molar-refractivity contribution in [3.8, 4) is 0 Å². The van der Waals surface area contributed by atoms with Crippen LogP contribution in [-0.2, 0) is 17.6 Å². The summed E-state index contributed by atoms with van der Waals surface area (Å²) in [4.78, 5) is 11.4. The molecule has 2 bridgehead atoms. The number of allylic oxidation sites excluding steroid dienone is 2. The van der Waals surface area contributed by atoms with Gasteiger partial charge in [-0.1, -0.05) is 30.3 Å². The van der Waals surface area contributed by atoms with Crippen molar-refractivity contribution in [1.29, 1.82) is 0 Å². The lowest BCUT2D eigenvalue weighted by Crippen LogP contribution is -1.97. The smallest absolute Gasteiger partial charge is 0.155 e. The van der Waals surface area contributed by atoms with E-state index in [1.54, 1.807) is 6.08 Å². The van der Waals surface area contributed by atoms with E-state index in [1.807, 2.05) is 6.08 Å². The molecule has 1 aromatic carbocycles. The predicted octanol–water partition coefficient (Wildman–Crippen LogP) is 3.08. The Morgan fingerprint density at radius 2 is 1.53 bits per heavy atom. The van der Waals surface area contributed by atoms with Gasteiger partial charge in [-0.15, -0.1) is 0 Å². The Morgan fingerprint density at radius 3 is 2.27 bits per heavy atom. The quantitative estimate of drug-likeness (QED) is 0.629. The van der Waals surface area contributed by atoms with Crippen molar-refractivity contribution in [3.05, 3.63) is 47.5 Å². The molecule has 0 unspecified atom stereocenters. The Labute approximate surface area is 90.8 Å². The molecule has 1 heteroatoms. The summed E-state index contributed by atoms with van der Waals surface area (Å²) >= 11 is 0. The first-order valence-electron chi connectivity index (χ1n) is 5.62. The van der Waals surface area contributed by atoms with E-state index in [1.165, 1.54) is 11.1 Å². The highest BCUT2D eigenvalue weighted by Gasteiger charge is 2.01. The van der Waals surface area contributed by atoms with Crippen molar-refractivity contribution in [2.24, 2.45) is 0 Å². The summed E-state index contributed by atoms with van der Waals surface area (Å²) in [5.41, 5.74) is 2.67. The molecule has 0 N–H and O–H groups in total. The fourth-order valence-corrected chi connectivity index (χ4v) is 1.86.